The van der Waals surface area contributed by atoms with Crippen LogP contribution in [0.5, 0.6) is 5.75 Å². The van der Waals surface area contributed by atoms with E-state index in [4.69, 9.17) is 16.3 Å². The molecule has 1 aliphatic heterocycles. The molecule has 3 aromatic heterocycles. The molecule has 1 aromatic carbocycles. The lowest BCUT2D eigenvalue weighted by atomic mass is 10.2. The van der Waals surface area contributed by atoms with E-state index < -0.39 is 0 Å². The Kier molecular flexibility index (Phi) is 5.93. The Morgan fingerprint density at radius 3 is 2.66 bits per heavy atom. The fraction of sp³-hybridized carbons (Fsp3) is 0.250. The molecule has 35 heavy (non-hydrogen) atoms. The van der Waals surface area contributed by atoms with Crippen molar-refractivity contribution in [2.24, 2.45) is 7.05 Å². The van der Waals surface area contributed by atoms with E-state index >= 15 is 0 Å². The predicted molar refractivity (Wildman–Crippen MR) is 136 cm³/mol. The van der Waals surface area contributed by atoms with Gasteiger partial charge in [0, 0.05) is 26.2 Å². The number of halogens is 1. The maximum Gasteiger partial charge on any atom is 0.277 e. The van der Waals surface area contributed by atoms with Crippen molar-refractivity contribution in [1.29, 1.82) is 5.26 Å². The van der Waals surface area contributed by atoms with Gasteiger partial charge in [0.25, 0.3) is 5.56 Å². The Hall–Kier alpha value is -4.23. The molecule has 0 aliphatic carbocycles. The second-order valence-corrected chi connectivity index (χ2v) is 8.60. The summed E-state index contributed by atoms with van der Waals surface area (Å²) in [4.78, 5) is 24.0. The first-order valence-corrected chi connectivity index (χ1v) is 11.5. The summed E-state index contributed by atoms with van der Waals surface area (Å²) in [7, 11) is 3.15. The summed E-state index contributed by atoms with van der Waals surface area (Å²) in [5, 5.41) is 19.9. The highest BCUT2D eigenvalue weighted by molar-refractivity contribution is 6.32. The summed E-state index contributed by atoms with van der Waals surface area (Å²) in [6.45, 7) is 1.84. The van der Waals surface area contributed by atoms with Crippen molar-refractivity contribution in [1.82, 2.24) is 19.7 Å². The van der Waals surface area contributed by atoms with Gasteiger partial charge in [-0.05, 0) is 37.1 Å². The standard InChI is InChI=1S/C24H23ClN8O2/c1-32-24(34)21-16(27-15-7-5-6-14(25)22(15)35-2)12-20(30-23(21)31-32)29-19-9-8-18(17(13-26)28-19)33-10-3-4-11-33/h5-9,12H,3-4,10-11H2,1-2H3,(H3,27,28,29,30,31). The van der Waals surface area contributed by atoms with Crippen molar-refractivity contribution in [3.05, 3.63) is 57.5 Å². The average molecular weight is 491 g/mol. The molecule has 3 N–H and O–H groups in total. The number of ether oxygens (including phenoxy) is 1. The number of aryl methyl sites for hydroxylation is 1. The molecule has 4 heterocycles. The van der Waals surface area contributed by atoms with Gasteiger partial charge in [-0.15, -0.1) is 0 Å². The van der Waals surface area contributed by atoms with Gasteiger partial charge in [0.1, 0.15) is 23.1 Å². The van der Waals surface area contributed by atoms with Gasteiger partial charge in [-0.1, -0.05) is 17.7 Å². The SMILES string of the molecule is COc1c(Cl)cccc1Nc1cc(Nc2ccc(N3CCCC3)c(C#N)n2)nc2[nH]n(C)c(=O)c12. The topological polar surface area (TPSA) is 124 Å². The summed E-state index contributed by atoms with van der Waals surface area (Å²) >= 11 is 6.28. The van der Waals surface area contributed by atoms with Crippen LogP contribution in [0.1, 0.15) is 18.5 Å². The third kappa shape index (κ3) is 4.22. The van der Waals surface area contributed by atoms with Gasteiger partial charge in [0.05, 0.1) is 29.2 Å². The first-order valence-electron chi connectivity index (χ1n) is 11.1. The second-order valence-electron chi connectivity index (χ2n) is 8.20. The van der Waals surface area contributed by atoms with Crippen LogP contribution >= 0.6 is 11.6 Å². The summed E-state index contributed by atoms with van der Waals surface area (Å²) in [5.41, 5.74) is 2.45. The number of H-pyrrole nitrogens is 1. The number of nitrogens with one attached hydrogen (secondary N) is 3. The van der Waals surface area contributed by atoms with Crippen LogP contribution in [0.2, 0.25) is 5.02 Å². The van der Waals surface area contributed by atoms with Crippen LogP contribution in [0.25, 0.3) is 11.0 Å². The quantitative estimate of drug-likeness (QED) is 0.366. The number of para-hydroxylation sites is 1. The monoisotopic (exact) mass is 490 g/mol. The number of hydrogen-bond donors (Lipinski definition) is 3. The summed E-state index contributed by atoms with van der Waals surface area (Å²) in [5.74, 6) is 1.37. The molecular weight excluding hydrogens is 468 g/mol. The van der Waals surface area contributed by atoms with Gasteiger partial charge >= 0.3 is 0 Å². The molecule has 0 radical (unpaired) electrons. The third-order valence-electron chi connectivity index (χ3n) is 5.93. The molecule has 0 spiro atoms. The fourth-order valence-electron chi connectivity index (χ4n) is 4.29. The van der Waals surface area contributed by atoms with Crippen molar-refractivity contribution < 1.29 is 4.74 Å². The Morgan fingerprint density at radius 1 is 1.11 bits per heavy atom. The smallest absolute Gasteiger partial charge is 0.277 e. The molecular formula is C24H23ClN8O2. The van der Waals surface area contributed by atoms with E-state index in [2.05, 4.69) is 36.7 Å². The zero-order chi connectivity index (χ0) is 24.5. The zero-order valence-corrected chi connectivity index (χ0v) is 20.0. The molecule has 0 bridgehead atoms. The van der Waals surface area contributed by atoms with Crippen molar-refractivity contribution in [2.75, 3.05) is 35.7 Å². The largest absolute Gasteiger partial charge is 0.493 e. The highest BCUT2D eigenvalue weighted by atomic mass is 35.5. The van der Waals surface area contributed by atoms with E-state index in [0.29, 0.717) is 50.5 Å². The van der Waals surface area contributed by atoms with Crippen LogP contribution in [0.4, 0.5) is 28.7 Å². The fourth-order valence-corrected chi connectivity index (χ4v) is 4.54. The lowest BCUT2D eigenvalue weighted by Crippen LogP contribution is -2.19. The predicted octanol–water partition coefficient (Wildman–Crippen LogP) is 4.28. The minimum atomic E-state index is -0.234. The molecule has 0 atom stereocenters. The van der Waals surface area contributed by atoms with Gasteiger partial charge in [0.15, 0.2) is 17.1 Å². The molecule has 4 aromatic rings. The van der Waals surface area contributed by atoms with E-state index in [-0.39, 0.29) is 5.56 Å². The zero-order valence-electron chi connectivity index (χ0n) is 19.2. The highest BCUT2D eigenvalue weighted by Gasteiger charge is 2.19. The number of anilines is 5. The van der Waals surface area contributed by atoms with Crippen molar-refractivity contribution in [3.63, 3.8) is 0 Å². The molecule has 0 amide bonds. The van der Waals surface area contributed by atoms with Crippen molar-refractivity contribution in [2.45, 2.75) is 12.8 Å². The number of aromatic nitrogens is 4. The molecule has 0 unspecified atom stereocenters. The first kappa shape index (κ1) is 22.6. The van der Waals surface area contributed by atoms with Crippen molar-refractivity contribution >= 4 is 51.3 Å². The maximum atomic E-state index is 12.8. The van der Waals surface area contributed by atoms with Gasteiger partial charge < -0.3 is 20.3 Å². The molecule has 5 rings (SSSR count). The van der Waals surface area contributed by atoms with Crippen LogP contribution in [0.3, 0.4) is 0 Å². The van der Waals surface area contributed by atoms with Crippen LogP contribution in [-0.2, 0) is 7.05 Å². The number of benzene rings is 1. The van der Waals surface area contributed by atoms with Crippen LogP contribution in [0, 0.1) is 11.3 Å². The van der Waals surface area contributed by atoms with Crippen molar-refractivity contribution in [3.8, 4) is 11.8 Å². The number of nitrogens with zero attached hydrogens (tertiary/aromatic N) is 5. The number of nitriles is 1. The van der Waals surface area contributed by atoms with Gasteiger partial charge in [-0.25, -0.2) is 9.97 Å². The number of rotatable bonds is 6. The maximum absolute atomic E-state index is 12.8. The highest BCUT2D eigenvalue weighted by Crippen LogP contribution is 2.36. The molecule has 11 heteroatoms. The normalized spacial score (nSPS) is 13.1. The average Bonchev–Trinajstić information content (AvgIpc) is 3.47. The summed E-state index contributed by atoms with van der Waals surface area (Å²) in [6, 6.07) is 12.9. The van der Waals surface area contributed by atoms with Gasteiger partial charge in [-0.3, -0.25) is 14.6 Å². The third-order valence-corrected chi connectivity index (χ3v) is 6.23. The van der Waals surface area contributed by atoms with Gasteiger partial charge in [-0.2, -0.15) is 5.26 Å². The summed E-state index contributed by atoms with van der Waals surface area (Å²) < 4.78 is 6.80. The van der Waals surface area contributed by atoms with E-state index in [9.17, 15) is 10.1 Å². The molecule has 10 nitrogen and oxygen atoms in total. The van der Waals surface area contributed by atoms with E-state index in [1.165, 1.54) is 11.8 Å². The number of hydrogen-bond acceptors (Lipinski definition) is 8. The Morgan fingerprint density at radius 2 is 1.91 bits per heavy atom. The number of aromatic amines is 1. The Bertz CT molecular complexity index is 1510. The minimum absolute atomic E-state index is 0.234. The summed E-state index contributed by atoms with van der Waals surface area (Å²) in [6.07, 6.45) is 2.22. The molecule has 0 saturated carbocycles. The van der Waals surface area contributed by atoms with E-state index in [1.54, 1.807) is 31.3 Å². The molecule has 1 saturated heterocycles. The molecule has 178 valence electrons. The lowest BCUT2D eigenvalue weighted by molar-refractivity contribution is 0.417. The Labute approximate surface area is 206 Å². The lowest BCUT2D eigenvalue weighted by Gasteiger charge is -2.19. The second kappa shape index (κ2) is 9.19. The first-order chi connectivity index (χ1) is 17.0. The minimum Gasteiger partial charge on any atom is -0.493 e. The number of pyridine rings is 2. The van der Waals surface area contributed by atoms with Crippen LogP contribution < -0.4 is 25.8 Å². The van der Waals surface area contributed by atoms with Gasteiger partial charge in [0.2, 0.25) is 0 Å². The molecule has 1 fully saturated rings. The number of methoxy groups -OCH3 is 1. The van der Waals surface area contributed by atoms with Crippen LogP contribution in [-0.4, -0.2) is 39.9 Å². The van der Waals surface area contributed by atoms with E-state index in [0.717, 1.165) is 31.6 Å². The number of fused-ring (bicyclic) bond motifs is 1. The van der Waals surface area contributed by atoms with Crippen LogP contribution in [0.15, 0.2) is 41.2 Å². The Balaban J connectivity index is 1.54. The van der Waals surface area contributed by atoms with E-state index in [1.807, 2.05) is 12.1 Å². The molecule has 1 aliphatic rings.